The molecular weight excluding hydrogens is 413 g/mol. The number of benzene rings is 2. The molecule has 1 N–H and O–H groups in total. The quantitative estimate of drug-likeness (QED) is 0.586. The third kappa shape index (κ3) is 4.02. The number of ether oxygens (including phenoxy) is 3. The van der Waals surface area contributed by atoms with Gasteiger partial charge >= 0.3 is 6.09 Å². The minimum atomic E-state index is -0.535. The highest BCUT2D eigenvalue weighted by Gasteiger charge is 2.23. The van der Waals surface area contributed by atoms with E-state index in [0.29, 0.717) is 54.3 Å². The third-order valence-corrected chi connectivity index (χ3v) is 6.05. The van der Waals surface area contributed by atoms with E-state index in [1.807, 2.05) is 28.9 Å². The van der Waals surface area contributed by atoms with Crippen molar-refractivity contribution in [3.63, 3.8) is 0 Å². The summed E-state index contributed by atoms with van der Waals surface area (Å²) in [6.07, 6.45) is 2.94. The maximum Gasteiger partial charge on any atom is 0.407 e. The van der Waals surface area contributed by atoms with E-state index in [2.05, 4.69) is 5.32 Å². The molecule has 1 aromatic heterocycles. The number of aromatic nitrogens is 2. The molecule has 1 unspecified atom stereocenters. The van der Waals surface area contributed by atoms with Gasteiger partial charge in [-0.25, -0.2) is 13.9 Å². The Labute approximate surface area is 185 Å². The number of halogens is 1. The van der Waals surface area contributed by atoms with Crippen LogP contribution in [0.25, 0.3) is 22.2 Å². The summed E-state index contributed by atoms with van der Waals surface area (Å²) in [6, 6.07) is 9.16. The topological polar surface area (TPSA) is 74.6 Å². The molecule has 7 nitrogen and oxygen atoms in total. The van der Waals surface area contributed by atoms with Crippen molar-refractivity contribution in [3.05, 3.63) is 47.3 Å². The Morgan fingerprint density at radius 1 is 1.12 bits per heavy atom. The second-order valence-electron chi connectivity index (χ2n) is 8.24. The predicted molar refractivity (Wildman–Crippen MR) is 117 cm³/mol. The standard InChI is InChI=1S/C24H26FN3O4/c1-15-17-11-16(12-20(15)25)23-19-13-18(30-10-4-8-26-24(29)32-14-17)6-7-21(19)28(27-23)22-5-2-3-9-31-22/h6-7,11-13,22H,2-5,8-10,14H2,1H3,(H,26,29). The SMILES string of the molecule is Cc1c(F)cc2cc1COC(=O)NCCCOc1ccc3c(c1)c-2nn3C1CCCCO1. The number of alkyl carbamates (subject to hydrolysis) is 1. The molecule has 168 valence electrons. The number of nitrogens with zero attached hydrogens (tertiary/aromatic N) is 2. The van der Waals surface area contributed by atoms with Crippen molar-refractivity contribution in [3.8, 4) is 17.0 Å². The van der Waals surface area contributed by atoms with Gasteiger partial charge < -0.3 is 19.5 Å². The molecule has 1 atom stereocenters. The van der Waals surface area contributed by atoms with Crippen molar-refractivity contribution in [2.24, 2.45) is 0 Å². The fourth-order valence-corrected chi connectivity index (χ4v) is 4.23. The summed E-state index contributed by atoms with van der Waals surface area (Å²) in [5.41, 5.74) is 3.25. The number of rotatable bonds is 1. The molecule has 1 fully saturated rings. The summed E-state index contributed by atoms with van der Waals surface area (Å²) in [7, 11) is 0. The minimum absolute atomic E-state index is 0.0193. The predicted octanol–water partition coefficient (Wildman–Crippen LogP) is 4.86. The maximum atomic E-state index is 14.9. The number of hydrogen-bond donors (Lipinski definition) is 1. The first-order valence-corrected chi connectivity index (χ1v) is 11.1. The van der Waals surface area contributed by atoms with Gasteiger partial charge in [-0.15, -0.1) is 0 Å². The smallest absolute Gasteiger partial charge is 0.407 e. The van der Waals surface area contributed by atoms with Crippen LogP contribution in [0.15, 0.2) is 30.3 Å². The van der Waals surface area contributed by atoms with Gasteiger partial charge in [0, 0.05) is 24.1 Å². The summed E-state index contributed by atoms with van der Waals surface area (Å²) < 4.78 is 34.0. The van der Waals surface area contributed by atoms with Gasteiger partial charge in [0.05, 0.1) is 12.1 Å². The van der Waals surface area contributed by atoms with Gasteiger partial charge in [-0.2, -0.15) is 5.10 Å². The van der Waals surface area contributed by atoms with E-state index in [4.69, 9.17) is 19.3 Å². The van der Waals surface area contributed by atoms with E-state index in [1.54, 1.807) is 6.92 Å². The number of amides is 1. The van der Waals surface area contributed by atoms with Crippen LogP contribution in [0.1, 0.15) is 43.0 Å². The zero-order valence-electron chi connectivity index (χ0n) is 18.0. The Morgan fingerprint density at radius 2 is 2.03 bits per heavy atom. The van der Waals surface area contributed by atoms with Gasteiger partial charge in [0.25, 0.3) is 0 Å². The zero-order valence-corrected chi connectivity index (χ0v) is 18.0. The van der Waals surface area contributed by atoms with Gasteiger partial charge in [0.15, 0.2) is 6.23 Å². The minimum Gasteiger partial charge on any atom is -0.494 e. The molecule has 2 aromatic carbocycles. The number of nitrogens with one attached hydrogen (secondary N) is 1. The molecule has 5 rings (SSSR count). The summed E-state index contributed by atoms with van der Waals surface area (Å²) in [5, 5.41) is 8.44. The summed E-state index contributed by atoms with van der Waals surface area (Å²) in [5.74, 6) is 0.336. The largest absolute Gasteiger partial charge is 0.494 e. The number of carbonyl (C=O) groups is 1. The Bertz CT molecular complexity index is 1150. The Kier molecular flexibility index (Phi) is 5.70. The molecule has 3 aromatic rings. The second-order valence-corrected chi connectivity index (χ2v) is 8.24. The zero-order chi connectivity index (χ0) is 22.1. The molecule has 0 saturated carbocycles. The Morgan fingerprint density at radius 3 is 2.88 bits per heavy atom. The van der Waals surface area contributed by atoms with Gasteiger partial charge in [0.1, 0.15) is 23.9 Å². The van der Waals surface area contributed by atoms with Crippen molar-refractivity contribution in [1.29, 1.82) is 0 Å². The average molecular weight is 439 g/mol. The van der Waals surface area contributed by atoms with E-state index in [1.165, 1.54) is 6.07 Å². The van der Waals surface area contributed by atoms with Crippen LogP contribution in [0, 0.1) is 12.7 Å². The molecule has 1 saturated heterocycles. The molecule has 32 heavy (non-hydrogen) atoms. The van der Waals surface area contributed by atoms with Crippen LogP contribution in [0.4, 0.5) is 9.18 Å². The van der Waals surface area contributed by atoms with Gasteiger partial charge in [-0.05, 0) is 74.1 Å². The van der Waals surface area contributed by atoms with Crippen molar-refractivity contribution in [2.45, 2.75) is 45.4 Å². The van der Waals surface area contributed by atoms with Crippen LogP contribution in [0.3, 0.4) is 0 Å². The molecular formula is C24H26FN3O4. The van der Waals surface area contributed by atoms with Crippen molar-refractivity contribution in [1.82, 2.24) is 15.1 Å². The molecule has 1 amide bonds. The second kappa shape index (κ2) is 8.78. The number of cyclic esters (lactones) is 1. The summed E-state index contributed by atoms with van der Waals surface area (Å²) in [4.78, 5) is 12.0. The van der Waals surface area contributed by atoms with E-state index < -0.39 is 6.09 Å². The fourth-order valence-electron chi connectivity index (χ4n) is 4.23. The van der Waals surface area contributed by atoms with Crippen molar-refractivity contribution < 1.29 is 23.4 Å². The first-order chi connectivity index (χ1) is 15.6. The lowest BCUT2D eigenvalue weighted by atomic mass is 10.0. The van der Waals surface area contributed by atoms with E-state index in [0.717, 1.165) is 30.2 Å². The van der Waals surface area contributed by atoms with Gasteiger partial charge in [-0.3, -0.25) is 0 Å². The van der Waals surface area contributed by atoms with Crippen LogP contribution in [0.5, 0.6) is 5.75 Å². The Balaban J connectivity index is 1.67. The highest BCUT2D eigenvalue weighted by atomic mass is 19.1. The normalized spacial score (nSPS) is 19.6. The first-order valence-electron chi connectivity index (χ1n) is 11.1. The molecule has 2 aliphatic rings. The number of fused-ring (bicyclic) bond motifs is 4. The Hall–Kier alpha value is -3.13. The molecule has 0 radical (unpaired) electrons. The number of carbonyl (C=O) groups excluding carboxylic acids is 1. The molecule has 2 aliphatic heterocycles. The first kappa shape index (κ1) is 20.8. The highest BCUT2D eigenvalue weighted by Crippen LogP contribution is 2.36. The molecule has 0 spiro atoms. The van der Waals surface area contributed by atoms with E-state index >= 15 is 0 Å². The maximum absolute atomic E-state index is 14.9. The van der Waals surface area contributed by atoms with Crippen LogP contribution >= 0.6 is 0 Å². The molecule has 0 aliphatic carbocycles. The van der Waals surface area contributed by atoms with E-state index in [-0.39, 0.29) is 18.7 Å². The molecule has 8 heteroatoms. The van der Waals surface area contributed by atoms with Crippen LogP contribution in [-0.2, 0) is 16.1 Å². The van der Waals surface area contributed by atoms with Crippen molar-refractivity contribution >= 4 is 17.0 Å². The fraction of sp³-hybridized carbons (Fsp3) is 0.417. The van der Waals surface area contributed by atoms with Crippen molar-refractivity contribution in [2.75, 3.05) is 19.8 Å². The number of hydrogen-bond acceptors (Lipinski definition) is 5. The summed E-state index contributed by atoms with van der Waals surface area (Å²) >= 11 is 0. The van der Waals surface area contributed by atoms with Crippen LogP contribution in [-0.4, -0.2) is 35.6 Å². The molecule has 3 heterocycles. The van der Waals surface area contributed by atoms with Gasteiger partial charge in [-0.1, -0.05) is 0 Å². The third-order valence-electron chi connectivity index (χ3n) is 6.05. The molecule has 4 bridgehead atoms. The highest BCUT2D eigenvalue weighted by molar-refractivity contribution is 5.94. The average Bonchev–Trinajstić information content (AvgIpc) is 3.18. The van der Waals surface area contributed by atoms with Crippen LogP contribution in [0.2, 0.25) is 0 Å². The van der Waals surface area contributed by atoms with Crippen LogP contribution < -0.4 is 10.1 Å². The summed E-state index contributed by atoms with van der Waals surface area (Å²) in [6.45, 7) is 3.24. The van der Waals surface area contributed by atoms with Gasteiger partial charge in [0.2, 0.25) is 0 Å². The lowest BCUT2D eigenvalue weighted by molar-refractivity contribution is -0.0365. The lowest BCUT2D eigenvalue weighted by Crippen LogP contribution is -2.26. The lowest BCUT2D eigenvalue weighted by Gasteiger charge is -2.23. The van der Waals surface area contributed by atoms with E-state index in [9.17, 15) is 9.18 Å². The monoisotopic (exact) mass is 439 g/mol.